The number of nitrogens with zero attached hydrogens (tertiary/aromatic N) is 4. The molecule has 0 saturated carbocycles. The van der Waals surface area contributed by atoms with E-state index in [2.05, 4.69) is 25.2 Å². The number of nitrogens with one attached hydrogen (secondary N) is 2. The fraction of sp³-hybridized carbons (Fsp3) is 0.158. The predicted octanol–water partition coefficient (Wildman–Crippen LogP) is 2.59. The summed E-state index contributed by atoms with van der Waals surface area (Å²) in [6.07, 6.45) is 6.26. The number of hydrogen-bond acceptors (Lipinski definition) is 6. The van der Waals surface area contributed by atoms with Crippen LogP contribution in [0.2, 0.25) is 0 Å². The van der Waals surface area contributed by atoms with Gasteiger partial charge in [-0.1, -0.05) is 6.07 Å². The number of aromatic nitrogens is 3. The lowest BCUT2D eigenvalue weighted by Crippen LogP contribution is -2.24. The molecule has 1 amide bonds. The second-order valence-electron chi connectivity index (χ2n) is 5.92. The molecule has 3 aromatic rings. The Kier molecular flexibility index (Phi) is 3.17. The zero-order valence-corrected chi connectivity index (χ0v) is 14.0. The van der Waals surface area contributed by atoms with Crippen molar-refractivity contribution in [3.63, 3.8) is 0 Å². The van der Waals surface area contributed by atoms with Gasteiger partial charge in [0.25, 0.3) is 5.91 Å². The minimum atomic E-state index is -2.59. The zero-order chi connectivity index (χ0) is 20.6. The molecule has 0 saturated heterocycles. The lowest BCUT2D eigenvalue weighted by molar-refractivity contribution is 0.0963. The van der Waals surface area contributed by atoms with Gasteiger partial charge in [-0.15, -0.1) is 0 Å². The normalized spacial score (nSPS) is 14.3. The highest BCUT2D eigenvalue weighted by Gasteiger charge is 2.24. The van der Waals surface area contributed by atoms with Crippen molar-refractivity contribution in [3.8, 4) is 11.3 Å². The number of fused-ring (bicyclic) bond motifs is 3. The first-order valence-electron chi connectivity index (χ1n) is 9.51. The first kappa shape index (κ1) is 12.8. The molecule has 3 aromatic heterocycles. The van der Waals surface area contributed by atoms with Crippen LogP contribution in [0.3, 0.4) is 0 Å². The molecule has 0 bridgehead atoms. The summed E-state index contributed by atoms with van der Waals surface area (Å²) in [4.78, 5) is 27.3. The fourth-order valence-electron chi connectivity index (χ4n) is 3.15. The molecular formula is C19H18N6O. The van der Waals surface area contributed by atoms with Crippen molar-refractivity contribution >= 4 is 23.1 Å². The summed E-state index contributed by atoms with van der Waals surface area (Å²) in [7, 11) is 1.95. The van der Waals surface area contributed by atoms with Gasteiger partial charge in [0.2, 0.25) is 0 Å². The summed E-state index contributed by atoms with van der Waals surface area (Å²) in [6, 6.07) is 7.45. The summed E-state index contributed by atoms with van der Waals surface area (Å²) < 4.78 is 21.8. The van der Waals surface area contributed by atoms with Crippen LogP contribution in [0.25, 0.3) is 11.3 Å². The molecule has 1 aliphatic rings. The van der Waals surface area contributed by atoms with Crippen LogP contribution in [0, 0.1) is 0 Å². The number of carbonyl (C=O) groups excluding carboxylic acids is 1. The van der Waals surface area contributed by atoms with Crippen molar-refractivity contribution in [1.82, 2.24) is 20.3 Å². The predicted molar refractivity (Wildman–Crippen MR) is 100 cm³/mol. The van der Waals surface area contributed by atoms with Crippen molar-refractivity contribution in [2.45, 2.75) is 6.54 Å². The van der Waals surface area contributed by atoms with Crippen molar-refractivity contribution in [1.29, 1.82) is 0 Å². The molecular weight excluding hydrogens is 328 g/mol. The van der Waals surface area contributed by atoms with Crippen molar-refractivity contribution in [2.75, 3.05) is 24.2 Å². The molecule has 1 aliphatic heterocycles. The lowest BCUT2D eigenvalue weighted by atomic mass is 9.99. The molecule has 0 unspecified atom stereocenters. The molecule has 0 radical (unpaired) electrons. The summed E-state index contributed by atoms with van der Waals surface area (Å²) in [5.74, 6) is -0.207. The van der Waals surface area contributed by atoms with Crippen molar-refractivity contribution < 1.29 is 8.91 Å². The third kappa shape index (κ3) is 2.63. The number of anilines is 3. The first-order chi connectivity index (χ1) is 13.8. The van der Waals surface area contributed by atoms with Crippen LogP contribution in [0.15, 0.2) is 49.1 Å². The van der Waals surface area contributed by atoms with E-state index in [-0.39, 0.29) is 5.56 Å². The largest absolute Gasteiger partial charge is 0.367 e. The Bertz CT molecular complexity index is 1090. The molecule has 0 aromatic carbocycles. The topological polar surface area (TPSA) is 83.0 Å². The Morgan fingerprint density at radius 2 is 2.15 bits per heavy atom. The van der Waals surface area contributed by atoms with Crippen LogP contribution in [0.4, 0.5) is 17.2 Å². The molecule has 7 heteroatoms. The maximum atomic E-state index is 12.4. The average Bonchev–Trinajstić information content (AvgIpc) is 2.67. The van der Waals surface area contributed by atoms with E-state index in [1.165, 1.54) is 12.4 Å². The third-order valence-electron chi connectivity index (χ3n) is 4.29. The summed E-state index contributed by atoms with van der Waals surface area (Å²) >= 11 is 0. The van der Waals surface area contributed by atoms with Crippen LogP contribution in [0.5, 0.6) is 0 Å². The fourth-order valence-corrected chi connectivity index (χ4v) is 3.15. The van der Waals surface area contributed by atoms with Gasteiger partial charge in [0.05, 0.1) is 22.6 Å². The van der Waals surface area contributed by atoms with Crippen LogP contribution < -0.4 is 15.5 Å². The lowest BCUT2D eigenvalue weighted by Gasteiger charge is -2.30. The van der Waals surface area contributed by atoms with Gasteiger partial charge in [0.1, 0.15) is 0 Å². The van der Waals surface area contributed by atoms with E-state index in [0.717, 1.165) is 22.5 Å². The maximum absolute atomic E-state index is 12.4. The molecule has 4 rings (SSSR count). The second-order valence-corrected chi connectivity index (χ2v) is 5.92. The summed E-state index contributed by atoms with van der Waals surface area (Å²) in [5, 5.41) is 5.15. The Labute approximate surface area is 155 Å². The van der Waals surface area contributed by atoms with Gasteiger partial charge in [0, 0.05) is 55.0 Å². The summed E-state index contributed by atoms with van der Waals surface area (Å²) in [6.45, 7) is -1.93. The number of carbonyl (C=O) groups is 1. The van der Waals surface area contributed by atoms with Gasteiger partial charge in [-0.05, 0) is 23.8 Å². The third-order valence-corrected chi connectivity index (χ3v) is 4.29. The number of pyridine rings is 3. The quantitative estimate of drug-likeness (QED) is 0.756. The van der Waals surface area contributed by atoms with E-state index in [0.29, 0.717) is 18.1 Å². The Morgan fingerprint density at radius 3 is 3.04 bits per heavy atom. The van der Waals surface area contributed by atoms with Crippen molar-refractivity contribution in [3.05, 3.63) is 60.2 Å². The molecule has 2 N–H and O–H groups in total. The van der Waals surface area contributed by atoms with Crippen LogP contribution >= 0.6 is 0 Å². The zero-order valence-electron chi connectivity index (χ0n) is 17.0. The second kappa shape index (κ2) is 6.44. The van der Waals surface area contributed by atoms with Gasteiger partial charge in [-0.25, -0.2) is 4.98 Å². The van der Waals surface area contributed by atoms with Crippen molar-refractivity contribution in [2.24, 2.45) is 0 Å². The van der Waals surface area contributed by atoms with E-state index in [4.69, 9.17) is 4.11 Å². The first-order valence-corrected chi connectivity index (χ1v) is 8.01. The number of rotatable bonds is 3. The van der Waals surface area contributed by atoms with E-state index < -0.39 is 12.9 Å². The van der Waals surface area contributed by atoms with Gasteiger partial charge in [-0.2, -0.15) is 0 Å². The molecule has 0 atom stereocenters. The Balaban J connectivity index is 1.74. The smallest absolute Gasteiger partial charge is 0.254 e. The molecule has 4 heterocycles. The van der Waals surface area contributed by atoms with E-state index in [9.17, 15) is 4.79 Å². The van der Waals surface area contributed by atoms with E-state index >= 15 is 0 Å². The molecule has 130 valence electrons. The van der Waals surface area contributed by atoms with Crippen LogP contribution in [-0.2, 0) is 6.54 Å². The minimum Gasteiger partial charge on any atom is -0.367 e. The van der Waals surface area contributed by atoms with Gasteiger partial charge in [0.15, 0.2) is 5.82 Å². The Hall–Kier alpha value is -3.48. The van der Waals surface area contributed by atoms with Crippen LogP contribution in [0.1, 0.15) is 20.0 Å². The molecule has 26 heavy (non-hydrogen) atoms. The Morgan fingerprint density at radius 1 is 1.23 bits per heavy atom. The maximum Gasteiger partial charge on any atom is 0.254 e. The van der Waals surface area contributed by atoms with Gasteiger partial charge in [-0.3, -0.25) is 14.8 Å². The molecule has 0 fully saturated rings. The molecule has 0 aliphatic carbocycles. The number of amides is 1. The highest BCUT2D eigenvalue weighted by atomic mass is 16.1. The van der Waals surface area contributed by atoms with Gasteiger partial charge >= 0.3 is 0 Å². The molecule has 7 nitrogen and oxygen atoms in total. The monoisotopic (exact) mass is 349 g/mol. The van der Waals surface area contributed by atoms with Gasteiger partial charge < -0.3 is 15.5 Å². The number of hydrogen-bond donors (Lipinski definition) is 2. The SMILES string of the molecule is [2H]C([2H])([2H])NC(=O)c1cnccc1Nc1nccc2c1N(C)Cc1cccnc1-2. The van der Waals surface area contributed by atoms with E-state index in [1.807, 2.05) is 30.6 Å². The average molecular weight is 349 g/mol. The molecule has 0 spiro atoms. The summed E-state index contributed by atoms with van der Waals surface area (Å²) in [5.41, 5.74) is 4.29. The highest BCUT2D eigenvalue weighted by molar-refractivity contribution is 6.00. The highest BCUT2D eigenvalue weighted by Crippen LogP contribution is 2.41. The standard InChI is InChI=1S/C19H18N6O/c1-20-19(26)14-10-21-8-6-15(14)24-18-17-13(5-9-23-18)16-12(11-25(17)2)4-3-7-22-16/h3-10H,11H2,1-2H3,(H,20,26)(H,21,23,24)/i1D3. The van der Waals surface area contributed by atoms with Crippen LogP contribution in [-0.4, -0.2) is 34.9 Å². The van der Waals surface area contributed by atoms with E-state index in [1.54, 1.807) is 18.5 Å². The minimum absolute atomic E-state index is 0.111.